The summed E-state index contributed by atoms with van der Waals surface area (Å²) in [5.41, 5.74) is 3.02. The predicted octanol–water partition coefficient (Wildman–Crippen LogP) is 2.14. The van der Waals surface area contributed by atoms with Crippen molar-refractivity contribution in [1.29, 1.82) is 0 Å². The Hall–Kier alpha value is -3.19. The Morgan fingerprint density at radius 1 is 1.26 bits per heavy atom. The summed E-state index contributed by atoms with van der Waals surface area (Å²) in [5.74, 6) is 0.496. The second-order valence-electron chi connectivity index (χ2n) is 6.43. The third-order valence-corrected chi connectivity index (χ3v) is 4.51. The average Bonchev–Trinajstić information content (AvgIpc) is 3.40. The maximum absolute atomic E-state index is 12.5. The number of ether oxygens (including phenoxy) is 1. The highest BCUT2D eigenvalue weighted by Gasteiger charge is 2.18. The molecule has 0 radical (unpaired) electrons. The summed E-state index contributed by atoms with van der Waals surface area (Å²) in [6.45, 7) is 2.15. The van der Waals surface area contributed by atoms with Crippen LogP contribution in [0.3, 0.4) is 0 Å². The summed E-state index contributed by atoms with van der Waals surface area (Å²) < 4.78 is 6.01. The number of amides is 1. The zero-order chi connectivity index (χ0) is 18.5. The molecule has 138 valence electrons. The van der Waals surface area contributed by atoms with Crippen molar-refractivity contribution in [3.05, 3.63) is 66.1 Å². The zero-order valence-corrected chi connectivity index (χ0v) is 14.8. The van der Waals surface area contributed by atoms with Gasteiger partial charge in [-0.3, -0.25) is 14.9 Å². The highest BCUT2D eigenvalue weighted by molar-refractivity contribution is 5.93. The van der Waals surface area contributed by atoms with Crippen molar-refractivity contribution < 1.29 is 9.53 Å². The molecule has 1 amide bonds. The van der Waals surface area contributed by atoms with Gasteiger partial charge in [-0.2, -0.15) is 5.10 Å². The lowest BCUT2D eigenvalue weighted by molar-refractivity contribution is 0.0945. The molecule has 7 nitrogen and oxygen atoms in total. The van der Waals surface area contributed by atoms with Crippen LogP contribution in [0.4, 0.5) is 0 Å². The minimum absolute atomic E-state index is 0.143. The molecule has 1 fully saturated rings. The maximum Gasteiger partial charge on any atom is 0.269 e. The van der Waals surface area contributed by atoms with Crippen LogP contribution in [0.2, 0.25) is 0 Å². The van der Waals surface area contributed by atoms with Crippen LogP contribution in [0.5, 0.6) is 5.75 Å². The molecule has 1 saturated heterocycles. The molecule has 0 unspecified atom stereocenters. The number of aromatic nitrogens is 3. The summed E-state index contributed by atoms with van der Waals surface area (Å²) in [5, 5.41) is 13.2. The summed E-state index contributed by atoms with van der Waals surface area (Å²) >= 11 is 0. The van der Waals surface area contributed by atoms with Gasteiger partial charge in [-0.25, -0.2) is 0 Å². The molecule has 0 saturated carbocycles. The van der Waals surface area contributed by atoms with Gasteiger partial charge in [0, 0.05) is 30.4 Å². The van der Waals surface area contributed by atoms with Gasteiger partial charge in [0.1, 0.15) is 17.5 Å². The van der Waals surface area contributed by atoms with Gasteiger partial charge in [0.2, 0.25) is 0 Å². The molecule has 3 N–H and O–H groups in total. The van der Waals surface area contributed by atoms with Crippen LogP contribution in [0.15, 0.2) is 54.9 Å². The lowest BCUT2D eigenvalue weighted by atomic mass is 10.1. The standard InChI is InChI=1S/C20H21N5O2/c26-20(18-10-17(24-25-18)14-4-2-1-3-5-14)23-11-15-6-8-22-13-19(15)27-16-7-9-21-12-16/h1-6,8,10,13,16,21H,7,9,11-12H2,(H,23,26)(H,24,25)/t16-/m0/s1. The predicted molar refractivity (Wildman–Crippen MR) is 101 cm³/mol. The Balaban J connectivity index is 1.40. The highest BCUT2D eigenvalue weighted by atomic mass is 16.5. The van der Waals surface area contributed by atoms with Gasteiger partial charge in [0.05, 0.1) is 11.9 Å². The molecular weight excluding hydrogens is 342 g/mol. The average molecular weight is 363 g/mol. The van der Waals surface area contributed by atoms with E-state index in [2.05, 4.69) is 25.8 Å². The minimum atomic E-state index is -0.213. The molecule has 0 bridgehead atoms. The first kappa shape index (κ1) is 17.2. The van der Waals surface area contributed by atoms with E-state index in [0.29, 0.717) is 18.0 Å². The first-order chi connectivity index (χ1) is 13.3. The fourth-order valence-corrected chi connectivity index (χ4v) is 3.03. The van der Waals surface area contributed by atoms with Crippen molar-refractivity contribution in [2.45, 2.75) is 19.1 Å². The van der Waals surface area contributed by atoms with Gasteiger partial charge < -0.3 is 15.4 Å². The summed E-state index contributed by atoms with van der Waals surface area (Å²) in [6, 6.07) is 13.3. The summed E-state index contributed by atoms with van der Waals surface area (Å²) in [7, 11) is 0. The zero-order valence-electron chi connectivity index (χ0n) is 14.8. The van der Waals surface area contributed by atoms with Gasteiger partial charge in [0.25, 0.3) is 5.91 Å². The number of rotatable bonds is 6. The van der Waals surface area contributed by atoms with E-state index in [1.807, 2.05) is 36.4 Å². The second-order valence-corrected chi connectivity index (χ2v) is 6.43. The molecule has 0 spiro atoms. The monoisotopic (exact) mass is 363 g/mol. The van der Waals surface area contributed by atoms with Gasteiger partial charge in [-0.15, -0.1) is 0 Å². The molecule has 3 aromatic rings. The summed E-state index contributed by atoms with van der Waals surface area (Å²) in [6.07, 6.45) is 4.51. The Labute approximate surface area is 157 Å². The van der Waals surface area contributed by atoms with Gasteiger partial charge >= 0.3 is 0 Å². The quantitative estimate of drug-likeness (QED) is 0.624. The molecule has 1 aliphatic rings. The van der Waals surface area contributed by atoms with Crippen LogP contribution in [-0.2, 0) is 6.54 Å². The molecule has 7 heteroatoms. The van der Waals surface area contributed by atoms with Crippen LogP contribution in [0.25, 0.3) is 11.3 Å². The third kappa shape index (κ3) is 4.15. The normalized spacial score (nSPS) is 16.2. The molecule has 1 aromatic carbocycles. The first-order valence-electron chi connectivity index (χ1n) is 8.99. The largest absolute Gasteiger partial charge is 0.487 e. The van der Waals surface area contributed by atoms with Crippen LogP contribution in [0, 0.1) is 0 Å². The number of benzene rings is 1. The van der Waals surface area contributed by atoms with Crippen molar-refractivity contribution in [2.75, 3.05) is 13.1 Å². The molecule has 4 rings (SSSR count). The van der Waals surface area contributed by atoms with E-state index < -0.39 is 0 Å². The Kier molecular flexibility index (Phi) is 5.11. The number of aromatic amines is 1. The molecule has 2 aromatic heterocycles. The smallest absolute Gasteiger partial charge is 0.269 e. The number of hydrogen-bond acceptors (Lipinski definition) is 5. The van der Waals surface area contributed by atoms with Gasteiger partial charge in [-0.1, -0.05) is 30.3 Å². The Morgan fingerprint density at radius 2 is 2.15 bits per heavy atom. The molecule has 27 heavy (non-hydrogen) atoms. The van der Waals surface area contributed by atoms with Gasteiger partial charge in [-0.05, 0) is 25.1 Å². The minimum Gasteiger partial charge on any atom is -0.487 e. The van der Waals surface area contributed by atoms with Gasteiger partial charge in [0.15, 0.2) is 0 Å². The van der Waals surface area contributed by atoms with Crippen LogP contribution in [0.1, 0.15) is 22.5 Å². The van der Waals surface area contributed by atoms with Crippen LogP contribution >= 0.6 is 0 Å². The molecule has 1 aliphatic heterocycles. The molecular formula is C20H21N5O2. The summed E-state index contributed by atoms with van der Waals surface area (Å²) in [4.78, 5) is 16.6. The second kappa shape index (κ2) is 8.01. The van der Waals surface area contributed by atoms with Crippen LogP contribution < -0.4 is 15.4 Å². The Morgan fingerprint density at radius 3 is 2.96 bits per heavy atom. The lowest BCUT2D eigenvalue weighted by Crippen LogP contribution is -2.25. The van der Waals surface area contributed by atoms with Crippen molar-refractivity contribution >= 4 is 5.91 Å². The highest BCUT2D eigenvalue weighted by Crippen LogP contribution is 2.20. The molecule has 3 heterocycles. The number of carbonyl (C=O) groups is 1. The topological polar surface area (TPSA) is 91.9 Å². The number of H-pyrrole nitrogens is 1. The SMILES string of the molecule is O=C(NCc1ccncc1O[C@H]1CCNC1)c1cc(-c2ccccc2)n[nH]1. The number of pyridine rings is 1. The first-order valence-corrected chi connectivity index (χ1v) is 8.99. The number of nitrogens with one attached hydrogen (secondary N) is 3. The third-order valence-electron chi connectivity index (χ3n) is 4.51. The van der Waals surface area contributed by atoms with E-state index in [0.717, 1.165) is 36.3 Å². The van der Waals surface area contributed by atoms with E-state index >= 15 is 0 Å². The number of carbonyl (C=O) groups excluding carboxylic acids is 1. The van der Waals surface area contributed by atoms with Crippen molar-refractivity contribution in [3.63, 3.8) is 0 Å². The van der Waals surface area contributed by atoms with Crippen LogP contribution in [-0.4, -0.2) is 40.3 Å². The lowest BCUT2D eigenvalue weighted by Gasteiger charge is -2.15. The fraction of sp³-hybridized carbons (Fsp3) is 0.250. The van der Waals surface area contributed by atoms with E-state index in [1.165, 1.54) is 0 Å². The van der Waals surface area contributed by atoms with E-state index in [-0.39, 0.29) is 12.0 Å². The van der Waals surface area contributed by atoms with E-state index in [1.54, 1.807) is 18.5 Å². The maximum atomic E-state index is 12.5. The fourth-order valence-electron chi connectivity index (χ4n) is 3.03. The molecule has 0 aliphatic carbocycles. The van der Waals surface area contributed by atoms with Crippen molar-refractivity contribution in [2.24, 2.45) is 0 Å². The van der Waals surface area contributed by atoms with Crippen molar-refractivity contribution in [3.8, 4) is 17.0 Å². The van der Waals surface area contributed by atoms with Crippen molar-refractivity contribution in [1.82, 2.24) is 25.8 Å². The number of nitrogens with zero attached hydrogens (tertiary/aromatic N) is 2. The molecule has 1 atom stereocenters. The number of hydrogen-bond donors (Lipinski definition) is 3. The Bertz CT molecular complexity index is 904. The van der Waals surface area contributed by atoms with E-state index in [9.17, 15) is 4.79 Å². The van der Waals surface area contributed by atoms with E-state index in [4.69, 9.17) is 4.74 Å².